The molecule has 22 heavy (non-hydrogen) atoms. The SMILES string of the molecule is Cc1nn(C)c(C)c1C(=O)NC(C)c1ccc(C(C)C)cc1. The summed E-state index contributed by atoms with van der Waals surface area (Å²) in [5, 5.41) is 7.36. The van der Waals surface area contributed by atoms with E-state index < -0.39 is 0 Å². The van der Waals surface area contributed by atoms with Gasteiger partial charge in [-0.25, -0.2) is 0 Å². The Bertz CT molecular complexity index is 668. The maximum atomic E-state index is 12.5. The van der Waals surface area contributed by atoms with Crippen molar-refractivity contribution < 1.29 is 4.79 Å². The molecule has 118 valence electrons. The third kappa shape index (κ3) is 3.21. The average Bonchev–Trinajstić information content (AvgIpc) is 2.72. The van der Waals surface area contributed by atoms with Crippen molar-refractivity contribution in [2.75, 3.05) is 0 Å². The van der Waals surface area contributed by atoms with Crippen LogP contribution in [0.2, 0.25) is 0 Å². The maximum Gasteiger partial charge on any atom is 0.255 e. The Hall–Kier alpha value is -2.10. The molecule has 0 radical (unpaired) electrons. The standard InChI is InChI=1S/C18H25N3O/c1-11(2)15-7-9-16(10-8-15)12(3)19-18(22)17-13(4)20-21(6)14(17)5/h7-12H,1-6H3,(H,19,22). The van der Waals surface area contributed by atoms with Crippen LogP contribution >= 0.6 is 0 Å². The highest BCUT2D eigenvalue weighted by Crippen LogP contribution is 2.20. The van der Waals surface area contributed by atoms with Gasteiger partial charge in [-0.15, -0.1) is 0 Å². The number of nitrogens with zero attached hydrogens (tertiary/aromatic N) is 2. The molecule has 4 heteroatoms. The molecule has 2 rings (SSSR count). The van der Waals surface area contributed by atoms with E-state index in [4.69, 9.17) is 0 Å². The normalized spacial score (nSPS) is 12.5. The van der Waals surface area contributed by atoms with Gasteiger partial charge in [0.2, 0.25) is 0 Å². The Labute approximate surface area is 132 Å². The molecule has 0 fully saturated rings. The number of rotatable bonds is 4. The summed E-state index contributed by atoms with van der Waals surface area (Å²) in [5.41, 5.74) is 4.74. The molecule has 1 amide bonds. The van der Waals surface area contributed by atoms with Gasteiger partial charge >= 0.3 is 0 Å². The van der Waals surface area contributed by atoms with E-state index in [0.717, 1.165) is 17.0 Å². The zero-order chi connectivity index (χ0) is 16.4. The first-order valence-corrected chi connectivity index (χ1v) is 7.72. The Kier molecular flexibility index (Phi) is 4.69. The van der Waals surface area contributed by atoms with Crippen LogP contribution in [0.25, 0.3) is 0 Å². The van der Waals surface area contributed by atoms with E-state index in [2.05, 4.69) is 48.5 Å². The van der Waals surface area contributed by atoms with Crippen LogP contribution in [0, 0.1) is 13.8 Å². The summed E-state index contributed by atoms with van der Waals surface area (Å²) in [4.78, 5) is 12.5. The monoisotopic (exact) mass is 299 g/mol. The summed E-state index contributed by atoms with van der Waals surface area (Å²) in [6, 6.07) is 8.39. The fourth-order valence-electron chi connectivity index (χ4n) is 2.62. The molecular formula is C18H25N3O. The summed E-state index contributed by atoms with van der Waals surface area (Å²) in [6.07, 6.45) is 0. The molecule has 0 bridgehead atoms. The topological polar surface area (TPSA) is 46.9 Å². The van der Waals surface area contributed by atoms with E-state index in [0.29, 0.717) is 11.5 Å². The lowest BCUT2D eigenvalue weighted by molar-refractivity contribution is 0.0938. The summed E-state index contributed by atoms with van der Waals surface area (Å²) >= 11 is 0. The third-order valence-electron chi connectivity index (χ3n) is 4.19. The third-order valence-corrected chi connectivity index (χ3v) is 4.19. The fraction of sp³-hybridized carbons (Fsp3) is 0.444. The minimum Gasteiger partial charge on any atom is -0.345 e. The van der Waals surface area contributed by atoms with Gasteiger partial charge in [-0.2, -0.15) is 5.10 Å². The second-order valence-electron chi connectivity index (χ2n) is 6.19. The van der Waals surface area contributed by atoms with Gasteiger partial charge < -0.3 is 5.32 Å². The zero-order valence-electron chi connectivity index (χ0n) is 14.3. The van der Waals surface area contributed by atoms with E-state index in [1.54, 1.807) is 4.68 Å². The molecule has 0 aliphatic carbocycles. The van der Waals surface area contributed by atoms with Crippen LogP contribution in [-0.2, 0) is 7.05 Å². The Morgan fingerprint density at radius 2 is 1.64 bits per heavy atom. The van der Waals surface area contributed by atoms with Crippen LogP contribution in [0.4, 0.5) is 0 Å². The van der Waals surface area contributed by atoms with Gasteiger partial charge in [-0.1, -0.05) is 38.1 Å². The lowest BCUT2D eigenvalue weighted by Crippen LogP contribution is -2.27. The first-order chi connectivity index (χ1) is 10.3. The molecule has 1 aromatic carbocycles. The summed E-state index contributed by atoms with van der Waals surface area (Å²) < 4.78 is 1.74. The molecule has 0 saturated carbocycles. The van der Waals surface area contributed by atoms with Gasteiger partial charge in [-0.3, -0.25) is 9.48 Å². The van der Waals surface area contributed by atoms with Crippen molar-refractivity contribution in [1.82, 2.24) is 15.1 Å². The molecule has 1 N–H and O–H groups in total. The van der Waals surface area contributed by atoms with Crippen LogP contribution in [-0.4, -0.2) is 15.7 Å². The van der Waals surface area contributed by atoms with Crippen LogP contribution < -0.4 is 5.32 Å². The molecule has 2 aromatic rings. The molecule has 0 aliphatic rings. The maximum absolute atomic E-state index is 12.5. The number of hydrogen-bond acceptors (Lipinski definition) is 2. The first-order valence-electron chi connectivity index (χ1n) is 7.72. The van der Waals surface area contributed by atoms with Crippen LogP contribution in [0.1, 0.15) is 65.6 Å². The largest absolute Gasteiger partial charge is 0.345 e. The molecule has 4 nitrogen and oxygen atoms in total. The van der Waals surface area contributed by atoms with Crippen molar-refractivity contribution in [3.8, 4) is 0 Å². The lowest BCUT2D eigenvalue weighted by atomic mass is 9.99. The summed E-state index contributed by atoms with van der Waals surface area (Å²) in [6.45, 7) is 10.1. The molecule has 1 atom stereocenters. The van der Waals surface area contributed by atoms with E-state index >= 15 is 0 Å². The number of hydrogen-bond donors (Lipinski definition) is 1. The van der Waals surface area contributed by atoms with Crippen molar-refractivity contribution in [3.05, 3.63) is 52.3 Å². The van der Waals surface area contributed by atoms with E-state index in [9.17, 15) is 4.79 Å². The minimum absolute atomic E-state index is 0.0345. The van der Waals surface area contributed by atoms with Crippen molar-refractivity contribution in [1.29, 1.82) is 0 Å². The molecule has 0 aliphatic heterocycles. The van der Waals surface area contributed by atoms with Crippen LogP contribution in [0.15, 0.2) is 24.3 Å². The number of benzene rings is 1. The number of amides is 1. The predicted octanol–water partition coefficient (Wildman–Crippen LogP) is 3.65. The highest BCUT2D eigenvalue weighted by Gasteiger charge is 2.19. The molecule has 1 unspecified atom stereocenters. The van der Waals surface area contributed by atoms with Crippen molar-refractivity contribution in [3.63, 3.8) is 0 Å². The second kappa shape index (κ2) is 6.34. The smallest absolute Gasteiger partial charge is 0.255 e. The van der Waals surface area contributed by atoms with Gasteiger partial charge in [0.25, 0.3) is 5.91 Å². The highest BCUT2D eigenvalue weighted by molar-refractivity contribution is 5.96. The summed E-state index contributed by atoms with van der Waals surface area (Å²) in [7, 11) is 1.85. The number of nitrogens with one attached hydrogen (secondary N) is 1. The van der Waals surface area contributed by atoms with E-state index in [1.165, 1.54) is 5.56 Å². The molecular weight excluding hydrogens is 274 g/mol. The Morgan fingerprint density at radius 3 is 2.09 bits per heavy atom. The highest BCUT2D eigenvalue weighted by atomic mass is 16.1. The van der Waals surface area contributed by atoms with Crippen molar-refractivity contribution >= 4 is 5.91 Å². The van der Waals surface area contributed by atoms with E-state index in [1.807, 2.05) is 27.8 Å². The molecule has 1 heterocycles. The predicted molar refractivity (Wildman–Crippen MR) is 89.1 cm³/mol. The number of aryl methyl sites for hydroxylation is 2. The first kappa shape index (κ1) is 16.3. The fourth-order valence-corrected chi connectivity index (χ4v) is 2.62. The van der Waals surface area contributed by atoms with E-state index in [-0.39, 0.29) is 11.9 Å². The van der Waals surface area contributed by atoms with Gasteiger partial charge in [0.05, 0.1) is 17.3 Å². The van der Waals surface area contributed by atoms with Crippen LogP contribution in [0.5, 0.6) is 0 Å². The molecule has 0 spiro atoms. The van der Waals surface area contributed by atoms with Crippen LogP contribution in [0.3, 0.4) is 0 Å². The number of carbonyl (C=O) groups is 1. The number of carbonyl (C=O) groups excluding carboxylic acids is 1. The van der Waals surface area contributed by atoms with Crippen molar-refractivity contribution in [2.24, 2.45) is 7.05 Å². The quantitative estimate of drug-likeness (QED) is 0.936. The Morgan fingerprint density at radius 1 is 1.09 bits per heavy atom. The average molecular weight is 299 g/mol. The van der Waals surface area contributed by atoms with Gasteiger partial charge in [0.15, 0.2) is 0 Å². The Balaban J connectivity index is 2.14. The van der Waals surface area contributed by atoms with Crippen molar-refractivity contribution in [2.45, 2.75) is 46.6 Å². The van der Waals surface area contributed by atoms with Gasteiger partial charge in [0, 0.05) is 12.7 Å². The molecule has 1 aromatic heterocycles. The van der Waals surface area contributed by atoms with Gasteiger partial charge in [-0.05, 0) is 37.8 Å². The lowest BCUT2D eigenvalue weighted by Gasteiger charge is -2.16. The second-order valence-corrected chi connectivity index (χ2v) is 6.19. The minimum atomic E-state index is -0.0662. The molecule has 0 saturated heterocycles. The number of aromatic nitrogens is 2. The zero-order valence-corrected chi connectivity index (χ0v) is 14.3. The summed E-state index contributed by atoms with van der Waals surface area (Å²) in [5.74, 6) is 0.447. The van der Waals surface area contributed by atoms with Gasteiger partial charge in [0.1, 0.15) is 0 Å².